The molecule has 168 valence electrons. The van der Waals surface area contributed by atoms with E-state index in [1.165, 1.54) is 32.3 Å². The highest BCUT2D eigenvalue weighted by Crippen LogP contribution is 2.46. The number of carbonyl (C=O) groups excluding carboxylic acids is 2. The molecule has 1 atom stereocenters. The van der Waals surface area contributed by atoms with Crippen LogP contribution in [-0.2, 0) is 4.74 Å². The third-order valence-electron chi connectivity index (χ3n) is 4.53. The van der Waals surface area contributed by atoms with Crippen LogP contribution in [0.1, 0.15) is 23.2 Å². The van der Waals surface area contributed by atoms with Crippen molar-refractivity contribution in [3.63, 3.8) is 0 Å². The highest BCUT2D eigenvalue weighted by atomic mass is 35.5. The number of nitrogens with one attached hydrogen (secondary N) is 1. The van der Waals surface area contributed by atoms with Crippen LogP contribution in [0.15, 0.2) is 6.07 Å². The summed E-state index contributed by atoms with van der Waals surface area (Å²) in [5, 5.41) is 12.0. The third-order valence-corrected chi connectivity index (χ3v) is 5.61. The van der Waals surface area contributed by atoms with Crippen molar-refractivity contribution in [2.75, 3.05) is 45.7 Å². The van der Waals surface area contributed by atoms with Crippen LogP contribution < -0.4 is 19.5 Å². The molecule has 1 aliphatic heterocycles. The van der Waals surface area contributed by atoms with Crippen molar-refractivity contribution in [1.82, 2.24) is 4.90 Å². The maximum atomic E-state index is 13.3. The minimum absolute atomic E-state index is 0.0255. The zero-order valence-corrected chi connectivity index (χ0v) is 18.9. The van der Waals surface area contributed by atoms with Gasteiger partial charge in [-0.2, -0.15) is 0 Å². The lowest BCUT2D eigenvalue weighted by Crippen LogP contribution is -2.38. The van der Waals surface area contributed by atoms with Gasteiger partial charge in [-0.15, -0.1) is 11.6 Å². The maximum absolute atomic E-state index is 13.3. The Morgan fingerprint density at radius 2 is 1.90 bits per heavy atom. The third kappa shape index (κ3) is 5.26. The Balaban J connectivity index is 2.56. The molecule has 9 nitrogen and oxygen atoms in total. The van der Waals surface area contributed by atoms with Crippen LogP contribution in [0.2, 0.25) is 0 Å². The van der Waals surface area contributed by atoms with Crippen molar-refractivity contribution in [3.8, 4) is 17.2 Å². The van der Waals surface area contributed by atoms with E-state index in [1.54, 1.807) is 0 Å². The Hall–Kier alpha value is -1.81. The number of methoxy groups -OCH3 is 3. The highest BCUT2D eigenvalue weighted by Gasteiger charge is 2.35. The SMILES string of the molecule is COc1cc(C(=O)N2CCCC2CO)c(NC(=O)OC(Cl)(Cl)CCl)c(OC)c1OC. The first-order chi connectivity index (χ1) is 14.2. The van der Waals surface area contributed by atoms with Gasteiger partial charge in [0, 0.05) is 6.54 Å². The molecule has 0 spiro atoms. The lowest BCUT2D eigenvalue weighted by Gasteiger charge is -2.26. The Bertz CT molecular complexity index is 792. The van der Waals surface area contributed by atoms with E-state index in [2.05, 4.69) is 5.32 Å². The van der Waals surface area contributed by atoms with Crippen LogP contribution in [0, 0.1) is 0 Å². The number of ether oxygens (including phenoxy) is 4. The highest BCUT2D eigenvalue weighted by molar-refractivity contribution is 6.50. The van der Waals surface area contributed by atoms with Crippen LogP contribution in [0.3, 0.4) is 0 Å². The standard InChI is InChI=1S/C18H23Cl3N2O7/c1-27-12-7-11(16(25)23-6-4-5-10(23)8-24)13(15(29-3)14(12)28-2)22-17(26)30-18(20,21)9-19/h7,10,24H,4-6,8-9H2,1-3H3,(H,22,26). The number of hydrogen-bond acceptors (Lipinski definition) is 7. The summed E-state index contributed by atoms with van der Waals surface area (Å²) in [5.74, 6) is -0.447. The van der Waals surface area contributed by atoms with Crippen molar-refractivity contribution in [3.05, 3.63) is 11.6 Å². The van der Waals surface area contributed by atoms with Gasteiger partial charge in [-0.3, -0.25) is 10.1 Å². The van der Waals surface area contributed by atoms with E-state index in [0.717, 1.165) is 6.42 Å². The summed E-state index contributed by atoms with van der Waals surface area (Å²) in [6, 6.07) is 1.06. The van der Waals surface area contributed by atoms with Crippen molar-refractivity contribution in [2.24, 2.45) is 0 Å². The van der Waals surface area contributed by atoms with Gasteiger partial charge in [0.25, 0.3) is 10.4 Å². The second-order valence-electron chi connectivity index (χ2n) is 6.33. The molecule has 0 aromatic heterocycles. The predicted molar refractivity (Wildman–Crippen MR) is 113 cm³/mol. The molecule has 0 radical (unpaired) electrons. The molecular formula is C18H23Cl3N2O7. The number of aliphatic hydroxyl groups excluding tert-OH is 1. The summed E-state index contributed by atoms with van der Waals surface area (Å²) in [6.45, 7) is 0.265. The number of benzene rings is 1. The zero-order valence-electron chi connectivity index (χ0n) is 16.7. The summed E-state index contributed by atoms with van der Waals surface area (Å²) >= 11 is 17.1. The quantitative estimate of drug-likeness (QED) is 0.544. The maximum Gasteiger partial charge on any atom is 0.414 e. The molecule has 1 heterocycles. The second-order valence-corrected chi connectivity index (χ2v) is 8.01. The van der Waals surface area contributed by atoms with E-state index in [9.17, 15) is 14.7 Å². The molecule has 1 aromatic carbocycles. The zero-order chi connectivity index (χ0) is 22.5. The number of hydrogen-bond donors (Lipinski definition) is 2. The number of carbonyl (C=O) groups is 2. The van der Waals surface area contributed by atoms with Crippen molar-refractivity contribution >= 4 is 52.5 Å². The van der Waals surface area contributed by atoms with E-state index in [0.29, 0.717) is 13.0 Å². The molecule has 1 unspecified atom stereocenters. The van der Waals surface area contributed by atoms with Crippen LogP contribution in [0.25, 0.3) is 0 Å². The summed E-state index contributed by atoms with van der Waals surface area (Å²) in [4.78, 5) is 27.2. The molecule has 0 bridgehead atoms. The molecule has 2 amide bonds. The van der Waals surface area contributed by atoms with Gasteiger partial charge < -0.3 is 29.0 Å². The number of nitrogens with zero attached hydrogens (tertiary/aromatic N) is 1. The predicted octanol–water partition coefficient (Wildman–Crippen LogP) is 3.23. The molecule has 2 N–H and O–H groups in total. The fourth-order valence-corrected chi connectivity index (χ4v) is 3.38. The van der Waals surface area contributed by atoms with Gasteiger partial charge in [0.05, 0.1) is 45.4 Å². The number of rotatable bonds is 8. The van der Waals surface area contributed by atoms with Gasteiger partial charge in [-0.25, -0.2) is 4.79 Å². The first-order valence-electron chi connectivity index (χ1n) is 8.91. The Morgan fingerprint density at radius 1 is 1.23 bits per heavy atom. The van der Waals surface area contributed by atoms with Crippen molar-refractivity contribution < 1.29 is 33.6 Å². The first-order valence-corrected chi connectivity index (χ1v) is 10.2. The minimum atomic E-state index is -1.98. The van der Waals surface area contributed by atoms with E-state index in [-0.39, 0.29) is 47.0 Å². The number of halogens is 3. The summed E-state index contributed by atoms with van der Waals surface area (Å²) in [7, 11) is 4.11. The van der Waals surface area contributed by atoms with Crippen molar-refractivity contribution in [1.29, 1.82) is 0 Å². The Labute approximate surface area is 189 Å². The van der Waals surface area contributed by atoms with Gasteiger partial charge in [0.1, 0.15) is 5.69 Å². The van der Waals surface area contributed by atoms with E-state index < -0.39 is 16.5 Å². The van der Waals surface area contributed by atoms with Crippen molar-refractivity contribution in [2.45, 2.75) is 23.4 Å². The monoisotopic (exact) mass is 484 g/mol. The Kier molecular flexibility index (Phi) is 8.54. The molecule has 2 rings (SSSR count). The fourth-order valence-electron chi connectivity index (χ4n) is 3.19. The molecular weight excluding hydrogens is 463 g/mol. The van der Waals surface area contributed by atoms with E-state index in [4.69, 9.17) is 53.8 Å². The number of likely N-dealkylation sites (tertiary alicyclic amines) is 1. The van der Waals surface area contributed by atoms with E-state index >= 15 is 0 Å². The molecule has 30 heavy (non-hydrogen) atoms. The van der Waals surface area contributed by atoms with E-state index in [1.807, 2.05) is 0 Å². The van der Waals surface area contributed by atoms with Gasteiger partial charge in [-0.05, 0) is 18.9 Å². The number of anilines is 1. The fraction of sp³-hybridized carbons (Fsp3) is 0.556. The van der Waals surface area contributed by atoms with Gasteiger partial charge in [0.15, 0.2) is 11.5 Å². The molecule has 1 aliphatic rings. The number of alkyl halides is 3. The number of aliphatic hydroxyl groups is 1. The topological polar surface area (TPSA) is 107 Å². The molecule has 0 saturated carbocycles. The van der Waals surface area contributed by atoms with Crippen LogP contribution in [-0.4, -0.2) is 72.9 Å². The summed E-state index contributed by atoms with van der Waals surface area (Å²) in [6.07, 6.45) is 0.331. The summed E-state index contributed by atoms with van der Waals surface area (Å²) < 4.78 is 18.9. The van der Waals surface area contributed by atoms with Crippen LogP contribution >= 0.6 is 34.8 Å². The van der Waals surface area contributed by atoms with Gasteiger partial charge in [-0.1, -0.05) is 23.2 Å². The minimum Gasteiger partial charge on any atom is -0.493 e. The smallest absolute Gasteiger partial charge is 0.414 e. The lowest BCUT2D eigenvalue weighted by atomic mass is 10.1. The Morgan fingerprint density at radius 3 is 2.43 bits per heavy atom. The molecule has 12 heteroatoms. The molecule has 0 aliphatic carbocycles. The molecule has 1 fully saturated rings. The average molecular weight is 486 g/mol. The van der Waals surface area contributed by atoms with Crippen LogP contribution in [0.4, 0.5) is 10.5 Å². The van der Waals surface area contributed by atoms with Gasteiger partial charge in [0.2, 0.25) is 5.75 Å². The lowest BCUT2D eigenvalue weighted by molar-refractivity contribution is 0.0678. The average Bonchev–Trinajstić information content (AvgIpc) is 3.20. The molecule has 1 aromatic rings. The van der Waals surface area contributed by atoms with Gasteiger partial charge >= 0.3 is 6.09 Å². The normalized spacial score (nSPS) is 16.2. The molecule has 1 saturated heterocycles. The van der Waals surface area contributed by atoms with Crippen LogP contribution in [0.5, 0.6) is 17.2 Å². The number of amides is 2. The first kappa shape index (κ1) is 24.5. The second kappa shape index (κ2) is 10.5. The largest absolute Gasteiger partial charge is 0.493 e. The summed E-state index contributed by atoms with van der Waals surface area (Å²) in [5.41, 5.74) is 0.00913.